The van der Waals surface area contributed by atoms with Crippen molar-refractivity contribution in [2.24, 2.45) is 0 Å². The first-order valence-electron chi connectivity index (χ1n) is 3.67. The summed E-state index contributed by atoms with van der Waals surface area (Å²) >= 11 is 8.69. The number of pyridine rings is 1. The maximum Gasteiger partial charge on any atom is 0.270 e. The van der Waals surface area contributed by atoms with Crippen LogP contribution in [0.15, 0.2) is 6.20 Å². The lowest BCUT2D eigenvalue weighted by Gasteiger charge is -2.12. The first-order valence-corrected chi connectivity index (χ1v) is 5.17. The van der Waals surface area contributed by atoms with Gasteiger partial charge in [-0.25, -0.2) is 13.8 Å². The normalized spacial score (nSPS) is 10.7. The molecule has 0 fully saturated rings. The molecule has 0 spiro atoms. The molecule has 0 unspecified atom stereocenters. The Morgan fingerprint density at radius 1 is 1.64 bits per heavy atom. The van der Waals surface area contributed by atoms with Gasteiger partial charge in [0.15, 0.2) is 0 Å². The van der Waals surface area contributed by atoms with Gasteiger partial charge in [-0.15, -0.1) is 0 Å². The third-order valence-electron chi connectivity index (χ3n) is 1.66. The molecule has 0 aliphatic heterocycles. The van der Waals surface area contributed by atoms with E-state index in [9.17, 15) is 8.78 Å². The van der Waals surface area contributed by atoms with Gasteiger partial charge in [0.05, 0.1) is 12.7 Å². The first-order chi connectivity index (χ1) is 6.61. The van der Waals surface area contributed by atoms with Gasteiger partial charge < -0.3 is 4.74 Å². The van der Waals surface area contributed by atoms with E-state index in [1.807, 2.05) is 0 Å². The minimum absolute atomic E-state index is 0.0943. The standard InChI is InChI=1S/C8H7BrClF2NO/c1-14-6-4(2-9)3-13-7(10)5(6)8(11)12/h3,8H,2H2,1H3. The summed E-state index contributed by atoms with van der Waals surface area (Å²) in [4.78, 5) is 3.66. The van der Waals surface area contributed by atoms with E-state index in [2.05, 4.69) is 20.9 Å². The van der Waals surface area contributed by atoms with Crippen LogP contribution in [0.3, 0.4) is 0 Å². The SMILES string of the molecule is COc1c(CBr)cnc(Cl)c1C(F)F. The highest BCUT2D eigenvalue weighted by molar-refractivity contribution is 9.08. The smallest absolute Gasteiger partial charge is 0.270 e. The van der Waals surface area contributed by atoms with Gasteiger partial charge in [-0.3, -0.25) is 0 Å². The summed E-state index contributed by atoms with van der Waals surface area (Å²) in [5.74, 6) is 0.0943. The second kappa shape index (κ2) is 4.89. The third kappa shape index (κ3) is 2.15. The summed E-state index contributed by atoms with van der Waals surface area (Å²) in [6, 6.07) is 0. The summed E-state index contributed by atoms with van der Waals surface area (Å²) in [7, 11) is 1.32. The Kier molecular flexibility index (Phi) is 4.07. The van der Waals surface area contributed by atoms with E-state index in [4.69, 9.17) is 16.3 Å². The van der Waals surface area contributed by atoms with Gasteiger partial charge >= 0.3 is 0 Å². The first kappa shape index (κ1) is 11.7. The van der Waals surface area contributed by atoms with Crippen molar-refractivity contribution in [3.05, 3.63) is 22.5 Å². The van der Waals surface area contributed by atoms with Crippen molar-refractivity contribution >= 4 is 27.5 Å². The fourth-order valence-electron chi connectivity index (χ4n) is 1.05. The molecular formula is C8H7BrClF2NO. The number of alkyl halides is 3. The summed E-state index contributed by atoms with van der Waals surface area (Å²) in [5.41, 5.74) is 0.193. The zero-order valence-electron chi connectivity index (χ0n) is 7.23. The summed E-state index contributed by atoms with van der Waals surface area (Å²) in [5, 5.41) is 0.168. The predicted octanol–water partition coefficient (Wildman–Crippen LogP) is 3.58. The van der Waals surface area contributed by atoms with Gasteiger partial charge in [-0.2, -0.15) is 0 Å². The van der Waals surface area contributed by atoms with Crippen LogP contribution in [0.1, 0.15) is 17.6 Å². The summed E-state index contributed by atoms with van der Waals surface area (Å²) < 4.78 is 30.0. The zero-order valence-corrected chi connectivity index (χ0v) is 9.57. The van der Waals surface area contributed by atoms with Crippen molar-refractivity contribution in [1.29, 1.82) is 0 Å². The van der Waals surface area contributed by atoms with Crippen LogP contribution in [0, 0.1) is 0 Å². The quantitative estimate of drug-likeness (QED) is 0.626. The molecule has 2 nitrogen and oxygen atoms in total. The van der Waals surface area contributed by atoms with Crippen molar-refractivity contribution in [1.82, 2.24) is 4.98 Å². The Morgan fingerprint density at radius 3 is 2.71 bits per heavy atom. The Morgan fingerprint density at radius 2 is 2.29 bits per heavy atom. The topological polar surface area (TPSA) is 22.1 Å². The highest BCUT2D eigenvalue weighted by Crippen LogP contribution is 2.36. The average molecular weight is 287 g/mol. The molecule has 0 aliphatic carbocycles. The minimum atomic E-state index is -2.69. The lowest BCUT2D eigenvalue weighted by molar-refractivity contribution is 0.146. The number of methoxy groups -OCH3 is 1. The molecular weight excluding hydrogens is 279 g/mol. The molecule has 0 radical (unpaired) electrons. The van der Waals surface area contributed by atoms with Gasteiger partial charge in [0, 0.05) is 17.1 Å². The Balaban J connectivity index is 3.35. The molecule has 0 aliphatic rings. The van der Waals surface area contributed by atoms with Gasteiger partial charge in [0.2, 0.25) is 0 Å². The van der Waals surface area contributed by atoms with Gasteiger partial charge in [-0.05, 0) is 0 Å². The van der Waals surface area contributed by atoms with Crippen LogP contribution in [-0.2, 0) is 5.33 Å². The fraction of sp³-hybridized carbons (Fsp3) is 0.375. The van der Waals surface area contributed by atoms with Crippen LogP contribution >= 0.6 is 27.5 Å². The molecule has 0 saturated heterocycles. The molecule has 1 aromatic rings. The molecule has 1 aromatic heterocycles. The maximum absolute atomic E-state index is 12.6. The van der Waals surface area contributed by atoms with E-state index in [1.165, 1.54) is 13.3 Å². The molecule has 1 rings (SSSR count). The van der Waals surface area contributed by atoms with Crippen LogP contribution in [0.5, 0.6) is 5.75 Å². The fourth-order valence-corrected chi connectivity index (χ4v) is 1.67. The van der Waals surface area contributed by atoms with E-state index < -0.39 is 6.43 Å². The van der Waals surface area contributed by atoms with Crippen molar-refractivity contribution in [2.45, 2.75) is 11.8 Å². The lowest BCUT2D eigenvalue weighted by Crippen LogP contribution is -1.99. The number of nitrogens with zero attached hydrogens (tertiary/aromatic N) is 1. The number of hydrogen-bond acceptors (Lipinski definition) is 2. The third-order valence-corrected chi connectivity index (χ3v) is 2.56. The number of halogens is 4. The molecule has 78 valence electrons. The Labute approximate surface area is 93.4 Å². The molecule has 0 saturated carbocycles. The van der Waals surface area contributed by atoms with Gasteiger partial charge in [0.1, 0.15) is 10.9 Å². The van der Waals surface area contributed by atoms with Crippen molar-refractivity contribution in [2.75, 3.05) is 7.11 Å². The summed E-state index contributed by atoms with van der Waals surface area (Å²) in [6.45, 7) is 0. The molecule has 0 bridgehead atoms. The predicted molar refractivity (Wildman–Crippen MR) is 53.4 cm³/mol. The van der Waals surface area contributed by atoms with Gasteiger partial charge in [0.25, 0.3) is 6.43 Å². The van der Waals surface area contributed by atoms with Crippen LogP contribution < -0.4 is 4.74 Å². The molecule has 14 heavy (non-hydrogen) atoms. The lowest BCUT2D eigenvalue weighted by atomic mass is 10.2. The zero-order chi connectivity index (χ0) is 10.7. The van der Waals surface area contributed by atoms with E-state index >= 15 is 0 Å². The molecule has 6 heteroatoms. The highest BCUT2D eigenvalue weighted by atomic mass is 79.9. The van der Waals surface area contributed by atoms with Crippen LogP contribution in [0.2, 0.25) is 5.15 Å². The number of aromatic nitrogens is 1. The monoisotopic (exact) mass is 285 g/mol. The second-order valence-corrected chi connectivity index (χ2v) is 3.37. The molecule has 0 atom stereocenters. The highest BCUT2D eigenvalue weighted by Gasteiger charge is 2.21. The van der Waals surface area contributed by atoms with E-state index in [1.54, 1.807) is 0 Å². The Hall–Kier alpha value is -0.420. The number of ether oxygens (including phenoxy) is 1. The largest absolute Gasteiger partial charge is 0.496 e. The second-order valence-electron chi connectivity index (χ2n) is 2.46. The number of hydrogen-bond donors (Lipinski definition) is 0. The van der Waals surface area contributed by atoms with Gasteiger partial charge in [-0.1, -0.05) is 27.5 Å². The summed E-state index contributed by atoms with van der Waals surface area (Å²) in [6.07, 6.45) is -1.29. The van der Waals surface area contributed by atoms with Crippen molar-refractivity contribution in [3.63, 3.8) is 0 Å². The van der Waals surface area contributed by atoms with Crippen molar-refractivity contribution < 1.29 is 13.5 Å². The average Bonchev–Trinajstić information content (AvgIpc) is 2.16. The van der Waals surface area contributed by atoms with Crippen molar-refractivity contribution in [3.8, 4) is 5.75 Å². The molecule has 1 heterocycles. The van der Waals surface area contributed by atoms with Crippen LogP contribution in [0.4, 0.5) is 8.78 Å². The Bertz CT molecular complexity index is 335. The molecule has 0 aromatic carbocycles. The number of rotatable bonds is 3. The van der Waals surface area contributed by atoms with E-state index in [0.717, 1.165) is 0 Å². The van der Waals surface area contributed by atoms with Crippen LogP contribution in [-0.4, -0.2) is 12.1 Å². The minimum Gasteiger partial charge on any atom is -0.496 e. The van der Waals surface area contributed by atoms with E-state index in [-0.39, 0.29) is 16.5 Å². The molecule has 0 amide bonds. The maximum atomic E-state index is 12.6. The molecule has 0 N–H and O–H groups in total. The van der Waals surface area contributed by atoms with Crippen LogP contribution in [0.25, 0.3) is 0 Å². The van der Waals surface area contributed by atoms with E-state index in [0.29, 0.717) is 10.9 Å².